The molecule has 7 heteroatoms. The number of carbonyl (C=O) groups is 1. The van der Waals surface area contributed by atoms with E-state index in [9.17, 15) is 4.79 Å². The molecular formula is C28H25N3O3S. The quantitative estimate of drug-likeness (QED) is 0.0791. The van der Waals surface area contributed by atoms with Gasteiger partial charge in [0.2, 0.25) is 5.71 Å². The number of ether oxygens (including phenoxy) is 1. The van der Waals surface area contributed by atoms with Crippen LogP contribution in [0.4, 0.5) is 5.13 Å². The van der Waals surface area contributed by atoms with Gasteiger partial charge in [0.15, 0.2) is 5.13 Å². The van der Waals surface area contributed by atoms with Gasteiger partial charge in [-0.25, -0.2) is 9.78 Å². The van der Waals surface area contributed by atoms with Crippen LogP contribution in [-0.4, -0.2) is 30.4 Å². The van der Waals surface area contributed by atoms with Crippen LogP contribution >= 0.6 is 11.3 Å². The molecule has 0 atom stereocenters. The van der Waals surface area contributed by atoms with Crippen LogP contribution in [0.2, 0.25) is 0 Å². The SMILES string of the molecule is C=CCO/N=C(\C(=O)OC)c1csc(NC(c2ccccc2)(c2ccccc2)c2ccccc2)n1. The van der Waals surface area contributed by atoms with Gasteiger partial charge in [0.25, 0.3) is 0 Å². The number of methoxy groups -OCH3 is 1. The second-order valence-electron chi connectivity index (χ2n) is 7.53. The van der Waals surface area contributed by atoms with E-state index >= 15 is 0 Å². The molecule has 1 N–H and O–H groups in total. The van der Waals surface area contributed by atoms with Crippen molar-refractivity contribution in [3.63, 3.8) is 0 Å². The number of aromatic nitrogens is 1. The molecule has 0 amide bonds. The van der Waals surface area contributed by atoms with Crippen LogP contribution in [0.25, 0.3) is 0 Å². The molecule has 176 valence electrons. The van der Waals surface area contributed by atoms with Crippen molar-refractivity contribution >= 4 is 28.1 Å². The molecule has 4 rings (SSSR count). The molecule has 0 bridgehead atoms. The van der Waals surface area contributed by atoms with Crippen molar-refractivity contribution in [3.8, 4) is 0 Å². The topological polar surface area (TPSA) is 72.8 Å². The number of nitrogens with zero attached hydrogens (tertiary/aromatic N) is 2. The first kappa shape index (κ1) is 23.9. The highest BCUT2D eigenvalue weighted by atomic mass is 32.1. The molecule has 0 unspecified atom stereocenters. The molecule has 0 aliphatic rings. The number of thiazole rings is 1. The molecule has 1 heterocycles. The number of benzene rings is 3. The summed E-state index contributed by atoms with van der Waals surface area (Å²) in [5.74, 6) is -0.633. The lowest BCUT2D eigenvalue weighted by molar-refractivity contribution is -0.132. The lowest BCUT2D eigenvalue weighted by Crippen LogP contribution is -2.38. The van der Waals surface area contributed by atoms with Crippen LogP contribution in [0.3, 0.4) is 0 Å². The molecule has 4 aromatic rings. The summed E-state index contributed by atoms with van der Waals surface area (Å²) in [5, 5.41) is 9.97. The summed E-state index contributed by atoms with van der Waals surface area (Å²) >= 11 is 1.37. The number of nitrogens with one attached hydrogen (secondary N) is 1. The van der Waals surface area contributed by atoms with Crippen LogP contribution in [0, 0.1) is 0 Å². The Balaban J connectivity index is 1.84. The zero-order valence-corrected chi connectivity index (χ0v) is 20.1. The normalized spacial score (nSPS) is 11.5. The van der Waals surface area contributed by atoms with Gasteiger partial charge < -0.3 is 14.9 Å². The molecule has 0 aliphatic carbocycles. The Kier molecular flexibility index (Phi) is 7.70. The Labute approximate surface area is 208 Å². The minimum absolute atomic E-state index is 0.0108. The van der Waals surface area contributed by atoms with Crippen molar-refractivity contribution in [1.82, 2.24) is 4.98 Å². The molecule has 1 aromatic heterocycles. The van der Waals surface area contributed by atoms with E-state index in [2.05, 4.69) is 58.4 Å². The molecule has 3 aromatic carbocycles. The van der Waals surface area contributed by atoms with Crippen LogP contribution < -0.4 is 5.32 Å². The molecular weight excluding hydrogens is 458 g/mol. The van der Waals surface area contributed by atoms with E-state index in [0.717, 1.165) is 16.7 Å². The van der Waals surface area contributed by atoms with Crippen LogP contribution in [0.5, 0.6) is 0 Å². The first-order valence-electron chi connectivity index (χ1n) is 11.0. The highest BCUT2D eigenvalue weighted by Crippen LogP contribution is 2.40. The highest BCUT2D eigenvalue weighted by molar-refractivity contribution is 7.14. The zero-order chi connectivity index (χ0) is 24.5. The average molecular weight is 484 g/mol. The van der Waals surface area contributed by atoms with Gasteiger partial charge in [0.1, 0.15) is 17.8 Å². The predicted octanol–water partition coefficient (Wildman–Crippen LogP) is 5.63. The number of carbonyl (C=O) groups excluding carboxylic acids is 1. The summed E-state index contributed by atoms with van der Waals surface area (Å²) in [6.45, 7) is 3.75. The standard InChI is InChI=1S/C28H25N3O3S/c1-3-19-34-31-25(26(32)33-2)24-20-35-27(29-24)30-28(21-13-7-4-8-14-21,22-15-9-5-10-16-22)23-17-11-6-12-18-23/h3-18,20H,1,19H2,2H3,(H,29,30)/b31-25-. The molecule has 35 heavy (non-hydrogen) atoms. The second-order valence-corrected chi connectivity index (χ2v) is 8.38. The lowest BCUT2D eigenvalue weighted by Gasteiger charge is -2.36. The molecule has 0 aliphatic heterocycles. The first-order valence-corrected chi connectivity index (χ1v) is 11.9. The van der Waals surface area contributed by atoms with Gasteiger partial charge in [0, 0.05) is 5.38 Å². The van der Waals surface area contributed by atoms with E-state index in [1.807, 2.05) is 54.6 Å². The van der Waals surface area contributed by atoms with Gasteiger partial charge in [0.05, 0.1) is 7.11 Å². The molecule has 0 spiro atoms. The first-order chi connectivity index (χ1) is 17.2. The summed E-state index contributed by atoms with van der Waals surface area (Å²) in [7, 11) is 1.29. The number of oxime groups is 1. The van der Waals surface area contributed by atoms with Crippen molar-refractivity contribution in [2.75, 3.05) is 19.0 Å². The fourth-order valence-electron chi connectivity index (χ4n) is 3.82. The number of rotatable bonds is 10. The van der Waals surface area contributed by atoms with Gasteiger partial charge in [-0.15, -0.1) is 11.3 Å². The fourth-order valence-corrected chi connectivity index (χ4v) is 4.57. The number of esters is 1. The monoisotopic (exact) mass is 483 g/mol. The van der Waals surface area contributed by atoms with Crippen molar-refractivity contribution in [3.05, 3.63) is 131 Å². The third-order valence-electron chi connectivity index (χ3n) is 5.39. The summed E-state index contributed by atoms with van der Waals surface area (Å²) < 4.78 is 4.88. The number of hydrogen-bond donors (Lipinski definition) is 1. The number of hydrogen-bond acceptors (Lipinski definition) is 7. The minimum Gasteiger partial charge on any atom is -0.464 e. The third-order valence-corrected chi connectivity index (χ3v) is 6.15. The third kappa shape index (κ3) is 5.15. The summed E-state index contributed by atoms with van der Waals surface area (Å²) in [5.41, 5.74) is 2.75. The largest absolute Gasteiger partial charge is 0.464 e. The summed E-state index contributed by atoms with van der Waals surface area (Å²) in [6, 6.07) is 30.6. The maximum atomic E-state index is 12.4. The van der Waals surface area contributed by atoms with E-state index < -0.39 is 11.5 Å². The molecule has 0 saturated carbocycles. The van der Waals surface area contributed by atoms with Crippen molar-refractivity contribution in [1.29, 1.82) is 0 Å². The van der Waals surface area contributed by atoms with Gasteiger partial charge in [-0.3, -0.25) is 0 Å². The van der Waals surface area contributed by atoms with Gasteiger partial charge in [-0.1, -0.05) is 109 Å². The molecule has 6 nitrogen and oxygen atoms in total. The van der Waals surface area contributed by atoms with Crippen molar-refractivity contribution in [2.24, 2.45) is 5.16 Å². The predicted molar refractivity (Wildman–Crippen MR) is 140 cm³/mol. The summed E-state index contributed by atoms with van der Waals surface area (Å²) in [6.07, 6.45) is 1.54. The minimum atomic E-state index is -0.735. The Morgan fingerprint density at radius 1 is 0.971 bits per heavy atom. The van der Waals surface area contributed by atoms with E-state index in [1.165, 1.54) is 18.4 Å². The van der Waals surface area contributed by atoms with Gasteiger partial charge in [-0.2, -0.15) is 0 Å². The van der Waals surface area contributed by atoms with E-state index in [4.69, 9.17) is 9.57 Å². The van der Waals surface area contributed by atoms with E-state index in [0.29, 0.717) is 10.8 Å². The smallest absolute Gasteiger partial charge is 0.362 e. The van der Waals surface area contributed by atoms with Gasteiger partial charge in [-0.05, 0) is 16.7 Å². The number of anilines is 1. The Bertz CT molecular complexity index is 1190. The lowest BCUT2D eigenvalue weighted by atomic mass is 9.77. The maximum absolute atomic E-state index is 12.4. The zero-order valence-electron chi connectivity index (χ0n) is 19.3. The average Bonchev–Trinajstić information content (AvgIpc) is 3.39. The Morgan fingerprint density at radius 2 is 1.49 bits per heavy atom. The molecule has 0 saturated heterocycles. The Morgan fingerprint density at radius 3 is 1.94 bits per heavy atom. The van der Waals surface area contributed by atoms with Crippen LogP contribution in [0.15, 0.2) is 114 Å². The Hall–Kier alpha value is -4.23. The van der Waals surface area contributed by atoms with Crippen LogP contribution in [-0.2, 0) is 19.9 Å². The maximum Gasteiger partial charge on any atom is 0.362 e. The van der Waals surface area contributed by atoms with Gasteiger partial charge >= 0.3 is 5.97 Å². The summed E-state index contributed by atoms with van der Waals surface area (Å²) in [4.78, 5) is 22.2. The highest BCUT2D eigenvalue weighted by Gasteiger charge is 2.37. The molecule has 0 radical (unpaired) electrons. The van der Waals surface area contributed by atoms with Crippen LogP contribution in [0.1, 0.15) is 22.4 Å². The second kappa shape index (κ2) is 11.3. The van der Waals surface area contributed by atoms with Crippen molar-refractivity contribution in [2.45, 2.75) is 5.54 Å². The van der Waals surface area contributed by atoms with E-state index in [-0.39, 0.29) is 12.3 Å². The van der Waals surface area contributed by atoms with E-state index in [1.54, 1.807) is 11.5 Å². The fraction of sp³-hybridized carbons (Fsp3) is 0.107. The van der Waals surface area contributed by atoms with Crippen molar-refractivity contribution < 1.29 is 14.4 Å². The molecule has 0 fully saturated rings.